The molecule has 0 atom stereocenters. The topological polar surface area (TPSA) is 74.0 Å². The van der Waals surface area contributed by atoms with Crippen molar-refractivity contribution >= 4 is 11.6 Å². The number of nitrogens with one attached hydrogen (secondary N) is 1. The van der Waals surface area contributed by atoms with Crippen molar-refractivity contribution in [2.45, 2.75) is 33.5 Å². The van der Waals surface area contributed by atoms with Crippen molar-refractivity contribution in [2.75, 3.05) is 12.4 Å². The minimum atomic E-state index is -0.0606. The average molecular weight is 277 g/mol. The van der Waals surface area contributed by atoms with Gasteiger partial charge in [-0.2, -0.15) is 10.2 Å². The van der Waals surface area contributed by atoms with Gasteiger partial charge in [0.2, 0.25) is 5.91 Å². The largest absolute Gasteiger partial charge is 0.362 e. The fourth-order valence-corrected chi connectivity index (χ4v) is 1.96. The third-order valence-corrected chi connectivity index (χ3v) is 2.83. The van der Waals surface area contributed by atoms with E-state index in [1.54, 1.807) is 24.2 Å². The Hall–Kier alpha value is -2.15. The van der Waals surface area contributed by atoms with E-state index in [0.29, 0.717) is 25.4 Å². The number of rotatable bonds is 6. The first kappa shape index (κ1) is 14.3. The van der Waals surface area contributed by atoms with Gasteiger partial charge in [-0.25, -0.2) is 4.68 Å². The molecular weight excluding hydrogens is 258 g/mol. The van der Waals surface area contributed by atoms with Crippen molar-refractivity contribution in [3.63, 3.8) is 0 Å². The van der Waals surface area contributed by atoms with Crippen LogP contribution < -0.4 is 5.32 Å². The molecule has 0 saturated heterocycles. The van der Waals surface area contributed by atoms with Gasteiger partial charge in [-0.1, -0.05) is 0 Å². The van der Waals surface area contributed by atoms with Crippen LogP contribution in [0, 0.1) is 13.8 Å². The van der Waals surface area contributed by atoms with Crippen LogP contribution >= 0.6 is 0 Å². The molecule has 0 aliphatic carbocycles. The molecule has 0 unspecified atom stereocenters. The molecule has 7 heteroatoms. The van der Waals surface area contributed by atoms with Gasteiger partial charge in [0.05, 0.1) is 23.8 Å². The highest BCUT2D eigenvalue weighted by Crippen LogP contribution is 2.07. The monoisotopic (exact) mass is 277 g/mol. The number of amides is 1. The molecule has 1 N–H and O–H groups in total. The number of methoxy groups -OCH3 is 1. The van der Waals surface area contributed by atoms with Crippen molar-refractivity contribution in [1.82, 2.24) is 19.6 Å². The summed E-state index contributed by atoms with van der Waals surface area (Å²) >= 11 is 0. The standard InChI is InChI=1S/C13H19N5O2/c1-10-6-11(2)18(16-10)5-4-13(19)15-12-7-14-17(8-12)9-20-3/h6-8H,4-5,9H2,1-3H3,(H,15,19). The fourth-order valence-electron chi connectivity index (χ4n) is 1.96. The summed E-state index contributed by atoms with van der Waals surface area (Å²) in [6.07, 6.45) is 3.70. The molecule has 0 saturated carbocycles. The van der Waals surface area contributed by atoms with Crippen molar-refractivity contribution in [3.05, 3.63) is 29.8 Å². The minimum Gasteiger partial charge on any atom is -0.362 e. The van der Waals surface area contributed by atoms with Crippen LogP contribution in [0.25, 0.3) is 0 Å². The SMILES string of the molecule is COCn1cc(NC(=O)CCn2nc(C)cc2C)cn1. The molecule has 20 heavy (non-hydrogen) atoms. The number of carbonyl (C=O) groups is 1. The summed E-state index contributed by atoms with van der Waals surface area (Å²) < 4.78 is 8.39. The second-order valence-corrected chi connectivity index (χ2v) is 4.63. The zero-order chi connectivity index (χ0) is 14.5. The van der Waals surface area contributed by atoms with E-state index in [-0.39, 0.29) is 5.91 Å². The molecule has 0 aliphatic rings. The zero-order valence-electron chi connectivity index (χ0n) is 12.0. The lowest BCUT2D eigenvalue weighted by Gasteiger charge is -2.04. The number of ether oxygens (including phenoxy) is 1. The van der Waals surface area contributed by atoms with Crippen LogP contribution in [0.5, 0.6) is 0 Å². The van der Waals surface area contributed by atoms with E-state index in [2.05, 4.69) is 15.5 Å². The molecule has 2 aromatic heterocycles. The molecular formula is C13H19N5O2. The number of hydrogen-bond acceptors (Lipinski definition) is 4. The van der Waals surface area contributed by atoms with Gasteiger partial charge in [-0.05, 0) is 19.9 Å². The Kier molecular flexibility index (Phi) is 4.52. The molecule has 0 aliphatic heterocycles. The van der Waals surface area contributed by atoms with Gasteiger partial charge in [-0.3, -0.25) is 9.48 Å². The molecule has 0 spiro atoms. The van der Waals surface area contributed by atoms with Crippen molar-refractivity contribution < 1.29 is 9.53 Å². The smallest absolute Gasteiger partial charge is 0.226 e. The maximum atomic E-state index is 11.9. The van der Waals surface area contributed by atoms with E-state index in [1.807, 2.05) is 24.6 Å². The maximum Gasteiger partial charge on any atom is 0.226 e. The van der Waals surface area contributed by atoms with Crippen LogP contribution in [-0.4, -0.2) is 32.6 Å². The summed E-state index contributed by atoms with van der Waals surface area (Å²) in [6.45, 7) is 4.85. The van der Waals surface area contributed by atoms with E-state index in [4.69, 9.17) is 4.74 Å². The molecule has 108 valence electrons. The average Bonchev–Trinajstić information content (AvgIpc) is 2.94. The van der Waals surface area contributed by atoms with Crippen LogP contribution in [-0.2, 0) is 22.8 Å². The van der Waals surface area contributed by atoms with E-state index in [0.717, 1.165) is 11.4 Å². The third kappa shape index (κ3) is 3.67. The molecule has 0 radical (unpaired) electrons. The fraction of sp³-hybridized carbons (Fsp3) is 0.462. The van der Waals surface area contributed by atoms with Crippen LogP contribution in [0.3, 0.4) is 0 Å². The van der Waals surface area contributed by atoms with Gasteiger partial charge < -0.3 is 10.1 Å². The lowest BCUT2D eigenvalue weighted by atomic mass is 10.3. The van der Waals surface area contributed by atoms with Crippen LogP contribution in [0.1, 0.15) is 17.8 Å². The van der Waals surface area contributed by atoms with Crippen molar-refractivity contribution in [1.29, 1.82) is 0 Å². The molecule has 0 bridgehead atoms. The van der Waals surface area contributed by atoms with E-state index in [9.17, 15) is 4.79 Å². The number of aryl methyl sites for hydroxylation is 3. The summed E-state index contributed by atoms with van der Waals surface area (Å²) in [4.78, 5) is 11.9. The highest BCUT2D eigenvalue weighted by atomic mass is 16.5. The van der Waals surface area contributed by atoms with Gasteiger partial charge in [0.15, 0.2) is 0 Å². The Morgan fingerprint density at radius 2 is 2.25 bits per heavy atom. The second-order valence-electron chi connectivity index (χ2n) is 4.63. The number of anilines is 1. The molecule has 2 aromatic rings. The molecule has 0 fully saturated rings. The Morgan fingerprint density at radius 3 is 2.90 bits per heavy atom. The van der Waals surface area contributed by atoms with Gasteiger partial charge in [0.1, 0.15) is 6.73 Å². The van der Waals surface area contributed by atoms with Gasteiger partial charge in [-0.15, -0.1) is 0 Å². The number of nitrogens with zero attached hydrogens (tertiary/aromatic N) is 4. The van der Waals surface area contributed by atoms with Crippen LogP contribution in [0.15, 0.2) is 18.5 Å². The predicted molar refractivity (Wildman–Crippen MR) is 74.2 cm³/mol. The van der Waals surface area contributed by atoms with Crippen LogP contribution in [0.2, 0.25) is 0 Å². The zero-order valence-corrected chi connectivity index (χ0v) is 12.0. The Bertz CT molecular complexity index is 587. The summed E-state index contributed by atoms with van der Waals surface area (Å²) in [5, 5.41) is 11.2. The Labute approximate surface area is 117 Å². The molecule has 1 amide bonds. The van der Waals surface area contributed by atoms with Crippen molar-refractivity contribution in [3.8, 4) is 0 Å². The highest BCUT2D eigenvalue weighted by molar-refractivity contribution is 5.90. The normalized spacial score (nSPS) is 10.8. The third-order valence-electron chi connectivity index (χ3n) is 2.83. The molecule has 2 heterocycles. The van der Waals surface area contributed by atoms with E-state index >= 15 is 0 Å². The Morgan fingerprint density at radius 1 is 1.45 bits per heavy atom. The molecule has 7 nitrogen and oxygen atoms in total. The van der Waals surface area contributed by atoms with E-state index in [1.165, 1.54) is 0 Å². The minimum absolute atomic E-state index is 0.0606. The summed E-state index contributed by atoms with van der Waals surface area (Å²) in [6, 6.07) is 1.99. The van der Waals surface area contributed by atoms with Gasteiger partial charge in [0, 0.05) is 25.8 Å². The summed E-state index contributed by atoms with van der Waals surface area (Å²) in [7, 11) is 1.59. The van der Waals surface area contributed by atoms with Gasteiger partial charge in [0.25, 0.3) is 0 Å². The van der Waals surface area contributed by atoms with Crippen molar-refractivity contribution in [2.24, 2.45) is 0 Å². The highest BCUT2D eigenvalue weighted by Gasteiger charge is 2.07. The number of carbonyl (C=O) groups excluding carboxylic acids is 1. The summed E-state index contributed by atoms with van der Waals surface area (Å²) in [5.41, 5.74) is 2.69. The van der Waals surface area contributed by atoms with E-state index < -0.39 is 0 Å². The molecule has 0 aromatic carbocycles. The Balaban J connectivity index is 1.84. The first-order chi connectivity index (χ1) is 9.58. The van der Waals surface area contributed by atoms with Gasteiger partial charge >= 0.3 is 0 Å². The summed E-state index contributed by atoms with van der Waals surface area (Å²) in [5.74, 6) is -0.0606. The maximum absolute atomic E-state index is 11.9. The number of hydrogen-bond donors (Lipinski definition) is 1. The molecule has 2 rings (SSSR count). The lowest BCUT2D eigenvalue weighted by Crippen LogP contribution is -2.15. The van der Waals surface area contributed by atoms with Crippen LogP contribution in [0.4, 0.5) is 5.69 Å². The lowest BCUT2D eigenvalue weighted by molar-refractivity contribution is -0.116. The first-order valence-electron chi connectivity index (χ1n) is 6.41. The second kappa shape index (κ2) is 6.33. The first-order valence-corrected chi connectivity index (χ1v) is 6.41. The number of aromatic nitrogens is 4. The quantitative estimate of drug-likeness (QED) is 0.864. The predicted octanol–water partition coefficient (Wildman–Crippen LogP) is 1.33.